The lowest BCUT2D eigenvalue weighted by Crippen LogP contribution is -2.53. The fourth-order valence-electron chi connectivity index (χ4n) is 8.15. The molecule has 2 nitrogen and oxygen atoms in total. The highest BCUT2D eigenvalue weighted by atomic mass is 16.1. The van der Waals surface area contributed by atoms with Gasteiger partial charge in [0, 0.05) is 21.7 Å². The van der Waals surface area contributed by atoms with E-state index in [-0.39, 0.29) is 23.4 Å². The van der Waals surface area contributed by atoms with Crippen LogP contribution in [0, 0.1) is 33.5 Å². The summed E-state index contributed by atoms with van der Waals surface area (Å²) in [6, 6.07) is 0. The molecule has 166 valence electrons. The molecule has 0 aromatic heterocycles. The van der Waals surface area contributed by atoms with Crippen LogP contribution >= 0.6 is 0 Å². The van der Waals surface area contributed by atoms with Crippen LogP contribution in [0.1, 0.15) is 57.8 Å². The first kappa shape index (κ1) is 23.4. The van der Waals surface area contributed by atoms with Crippen LogP contribution in [-0.2, 0) is 9.59 Å². The third-order valence-corrected chi connectivity index (χ3v) is 8.88. The van der Waals surface area contributed by atoms with Gasteiger partial charge in [0.15, 0.2) is 0 Å². The van der Waals surface area contributed by atoms with E-state index in [9.17, 15) is 9.59 Å². The van der Waals surface area contributed by atoms with Gasteiger partial charge < -0.3 is 0 Å². The highest BCUT2D eigenvalue weighted by Crippen LogP contribution is 2.77. The minimum Gasteiger partial charge on any atom is -0.298 e. The maximum absolute atomic E-state index is 14.5. The molecule has 0 saturated heterocycles. The molecule has 0 aliphatic heterocycles. The molecule has 31 heavy (non-hydrogen) atoms. The molecule has 0 heterocycles. The smallest absolute Gasteiger partial charge is 0.147 e. The molecule has 3 aliphatic carbocycles. The summed E-state index contributed by atoms with van der Waals surface area (Å²) in [5.41, 5.74) is -2.47. The highest BCUT2D eigenvalue weighted by Gasteiger charge is 2.79. The summed E-state index contributed by atoms with van der Waals surface area (Å²) >= 11 is 0. The van der Waals surface area contributed by atoms with Gasteiger partial charge in [0.05, 0.1) is 0 Å². The fraction of sp³-hybridized carbons (Fsp3) is 0.517. The number of carbonyl (C=O) groups excluding carboxylic acids is 2. The van der Waals surface area contributed by atoms with E-state index < -0.39 is 21.7 Å². The second-order valence-electron chi connectivity index (χ2n) is 10.2. The topological polar surface area (TPSA) is 34.1 Å². The number of hydrogen-bond acceptors (Lipinski definition) is 2. The lowest BCUT2D eigenvalue weighted by molar-refractivity contribution is -0.152. The molecule has 4 atom stereocenters. The number of fused-ring (bicyclic) bond motifs is 3. The van der Waals surface area contributed by atoms with Gasteiger partial charge in [-0.25, -0.2) is 0 Å². The normalized spacial score (nSPS) is 34.6. The van der Waals surface area contributed by atoms with Crippen LogP contribution in [0.5, 0.6) is 0 Å². The van der Waals surface area contributed by atoms with Crippen LogP contribution in [0.2, 0.25) is 0 Å². The molecular weight excluding hydrogens is 380 g/mol. The van der Waals surface area contributed by atoms with Gasteiger partial charge in [-0.15, -0.1) is 39.5 Å². The molecule has 3 saturated carbocycles. The van der Waals surface area contributed by atoms with E-state index >= 15 is 0 Å². The summed E-state index contributed by atoms with van der Waals surface area (Å²) in [7, 11) is 0. The quantitative estimate of drug-likeness (QED) is 0.321. The molecule has 0 amide bonds. The van der Waals surface area contributed by atoms with E-state index in [0.717, 1.165) is 19.3 Å². The van der Waals surface area contributed by atoms with Crippen molar-refractivity contribution in [1.82, 2.24) is 0 Å². The molecule has 0 aromatic carbocycles. The van der Waals surface area contributed by atoms with Crippen LogP contribution in [0.4, 0.5) is 0 Å². The van der Waals surface area contributed by atoms with Crippen molar-refractivity contribution >= 4 is 11.6 Å². The predicted molar refractivity (Wildman–Crippen MR) is 129 cm³/mol. The number of carbonyl (C=O) groups is 2. The van der Waals surface area contributed by atoms with Gasteiger partial charge in [-0.05, 0) is 69.6 Å². The van der Waals surface area contributed by atoms with E-state index in [1.54, 1.807) is 0 Å². The molecule has 0 bridgehead atoms. The Morgan fingerprint density at radius 1 is 0.581 bits per heavy atom. The van der Waals surface area contributed by atoms with Gasteiger partial charge in [-0.1, -0.05) is 36.5 Å². The Morgan fingerprint density at radius 2 is 0.871 bits per heavy atom. The lowest BCUT2D eigenvalue weighted by atomic mass is 9.54. The number of hydrogen-bond donors (Lipinski definition) is 0. The first-order valence-electron chi connectivity index (χ1n) is 11.6. The highest BCUT2D eigenvalue weighted by molar-refractivity contribution is 6.04. The average Bonchev–Trinajstić information content (AvgIpc) is 3.19. The van der Waals surface area contributed by atoms with E-state index in [1.807, 2.05) is 36.5 Å². The number of allylic oxidation sites excluding steroid dienone is 6. The van der Waals surface area contributed by atoms with Gasteiger partial charge >= 0.3 is 0 Å². The monoisotopic (exact) mass is 418 g/mol. The second kappa shape index (κ2) is 8.37. The van der Waals surface area contributed by atoms with Gasteiger partial charge in [-0.3, -0.25) is 9.59 Å². The van der Waals surface area contributed by atoms with E-state index in [0.29, 0.717) is 38.5 Å². The van der Waals surface area contributed by atoms with Crippen LogP contribution in [0.3, 0.4) is 0 Å². The first-order valence-corrected chi connectivity index (χ1v) is 11.6. The van der Waals surface area contributed by atoms with Crippen molar-refractivity contribution in [3.05, 3.63) is 75.9 Å². The van der Waals surface area contributed by atoms with Crippen molar-refractivity contribution < 1.29 is 9.59 Å². The molecule has 0 aromatic rings. The van der Waals surface area contributed by atoms with Crippen molar-refractivity contribution in [2.45, 2.75) is 57.8 Å². The van der Waals surface area contributed by atoms with Crippen molar-refractivity contribution in [3.63, 3.8) is 0 Å². The van der Waals surface area contributed by atoms with E-state index in [1.165, 1.54) is 0 Å². The van der Waals surface area contributed by atoms with Crippen LogP contribution in [-0.4, -0.2) is 11.6 Å². The summed E-state index contributed by atoms with van der Waals surface area (Å²) in [6.07, 6.45) is 17.3. The average molecular weight is 419 g/mol. The molecule has 3 aliphatic rings. The zero-order valence-corrected chi connectivity index (χ0v) is 19.0. The largest absolute Gasteiger partial charge is 0.298 e. The Labute approximate surface area is 188 Å². The fourth-order valence-corrected chi connectivity index (χ4v) is 8.15. The Balaban J connectivity index is 2.26. The van der Waals surface area contributed by atoms with Crippen LogP contribution in [0.15, 0.2) is 75.9 Å². The van der Waals surface area contributed by atoms with Crippen molar-refractivity contribution in [2.24, 2.45) is 33.5 Å². The first-order chi connectivity index (χ1) is 14.8. The molecule has 3 fully saturated rings. The Bertz CT molecular complexity index is 742. The summed E-state index contributed by atoms with van der Waals surface area (Å²) in [4.78, 5) is 29.1. The van der Waals surface area contributed by atoms with Crippen molar-refractivity contribution in [3.8, 4) is 0 Å². The number of Topliss-reactive ketones (excluding diaryl/α,β-unsaturated/α-hetero) is 2. The van der Waals surface area contributed by atoms with Crippen LogP contribution < -0.4 is 0 Å². The molecular formula is C29H38O2. The second-order valence-corrected chi connectivity index (χ2v) is 10.2. The third kappa shape index (κ3) is 2.83. The standard InChI is InChI=1S/C29H38O2/c1-7-13-26(14-8-2)20-22-19-23-21-27(15-9-3,16-10-4)25(31)29(23,18-12-6)28(22,17-11-5)24(26)30/h7-12,22-23H,1-6,13-21H2. The minimum atomic E-state index is -0.721. The molecule has 0 spiro atoms. The van der Waals surface area contributed by atoms with Gasteiger partial charge in [0.25, 0.3) is 0 Å². The maximum Gasteiger partial charge on any atom is 0.147 e. The van der Waals surface area contributed by atoms with Gasteiger partial charge in [0.2, 0.25) is 0 Å². The van der Waals surface area contributed by atoms with Crippen molar-refractivity contribution in [1.29, 1.82) is 0 Å². The van der Waals surface area contributed by atoms with Gasteiger partial charge in [-0.2, -0.15) is 0 Å². The molecule has 2 heteroatoms. The summed E-state index contributed by atoms with van der Waals surface area (Å²) in [5.74, 6) is 0.820. The summed E-state index contributed by atoms with van der Waals surface area (Å²) < 4.78 is 0. The van der Waals surface area contributed by atoms with E-state index in [4.69, 9.17) is 0 Å². The molecule has 4 unspecified atom stereocenters. The zero-order chi connectivity index (χ0) is 22.9. The predicted octanol–water partition coefficient (Wildman–Crippen LogP) is 6.97. The Kier molecular flexibility index (Phi) is 6.33. The SMILES string of the molecule is C=CCC1(CC=C)CC2CC3CC(CC=C)(CC=C)C(=O)C3(CC=C)C2(CC=C)C1=O. The number of ketones is 2. The molecule has 0 radical (unpaired) electrons. The summed E-state index contributed by atoms with van der Waals surface area (Å²) in [6.45, 7) is 23.8. The van der Waals surface area contributed by atoms with Crippen molar-refractivity contribution in [2.75, 3.05) is 0 Å². The Morgan fingerprint density at radius 3 is 1.13 bits per heavy atom. The number of rotatable bonds is 12. The lowest BCUT2D eigenvalue weighted by Gasteiger charge is -2.46. The third-order valence-electron chi connectivity index (χ3n) is 8.88. The molecule has 0 N–H and O–H groups in total. The zero-order valence-electron chi connectivity index (χ0n) is 19.0. The Hall–Kier alpha value is -2.22. The minimum absolute atomic E-state index is 0.178. The van der Waals surface area contributed by atoms with E-state index in [2.05, 4.69) is 39.5 Å². The molecule has 3 rings (SSSR count). The maximum atomic E-state index is 14.5. The van der Waals surface area contributed by atoms with Crippen LogP contribution in [0.25, 0.3) is 0 Å². The van der Waals surface area contributed by atoms with Gasteiger partial charge in [0.1, 0.15) is 11.6 Å². The summed E-state index contributed by atoms with van der Waals surface area (Å²) in [5, 5.41) is 0.